The van der Waals surface area contributed by atoms with Crippen LogP contribution in [0.4, 0.5) is 24.5 Å². The van der Waals surface area contributed by atoms with Crippen molar-refractivity contribution in [1.82, 2.24) is 5.48 Å². The number of aryl methyl sites for hydroxylation is 1. The smallest absolute Gasteiger partial charge is 0.277 e. The number of rotatable bonds is 10. The van der Waals surface area contributed by atoms with Crippen molar-refractivity contribution in [3.8, 4) is 0 Å². The third kappa shape index (κ3) is 6.94. The van der Waals surface area contributed by atoms with Gasteiger partial charge in [-0.25, -0.2) is 18.7 Å². The zero-order valence-corrected chi connectivity index (χ0v) is 17.7. The molecule has 0 aliphatic heterocycles. The molecule has 0 saturated carbocycles. The number of nitrogens with zero attached hydrogens (tertiary/aromatic N) is 1. The van der Waals surface area contributed by atoms with E-state index in [4.69, 9.17) is 14.8 Å². The Morgan fingerprint density at radius 2 is 1.94 bits per heavy atom. The fraction of sp³-hybridized carbons (Fsp3) is 0.333. The Labute approximate surface area is 182 Å². The van der Waals surface area contributed by atoms with Crippen molar-refractivity contribution >= 4 is 23.5 Å². The Morgan fingerprint density at radius 1 is 1.22 bits per heavy atom. The maximum Gasteiger partial charge on any atom is 0.277 e. The second kappa shape index (κ2) is 10.9. The molecule has 2 aromatic carbocycles. The van der Waals surface area contributed by atoms with Crippen LogP contribution >= 0.6 is 0 Å². The lowest BCUT2D eigenvalue weighted by Gasteiger charge is -2.16. The van der Waals surface area contributed by atoms with Crippen LogP contribution in [0, 0.1) is 24.4 Å². The van der Waals surface area contributed by atoms with E-state index in [-0.39, 0.29) is 18.9 Å². The predicted molar refractivity (Wildman–Crippen MR) is 111 cm³/mol. The summed E-state index contributed by atoms with van der Waals surface area (Å²) in [4.78, 5) is 22.1. The third-order valence-corrected chi connectivity index (χ3v) is 3.91. The Hall–Kier alpha value is -3.15. The molecule has 1 amide bonds. The highest BCUT2D eigenvalue weighted by molar-refractivity contribution is 6.01. The van der Waals surface area contributed by atoms with Crippen molar-refractivity contribution in [3.63, 3.8) is 0 Å². The van der Waals surface area contributed by atoms with Gasteiger partial charge in [0.1, 0.15) is 12.4 Å². The molecule has 0 aliphatic carbocycles. The van der Waals surface area contributed by atoms with E-state index >= 15 is 0 Å². The molecule has 11 heteroatoms. The molecule has 174 valence electrons. The molecule has 0 bridgehead atoms. The van der Waals surface area contributed by atoms with Gasteiger partial charge in [0.15, 0.2) is 11.6 Å². The number of aliphatic hydroxyl groups excluding tert-OH is 1. The molecule has 32 heavy (non-hydrogen) atoms. The number of hydrogen-bond donors (Lipinski definition) is 4. The minimum atomic E-state index is -1.47. The van der Waals surface area contributed by atoms with Crippen LogP contribution in [0.25, 0.3) is 0 Å². The van der Waals surface area contributed by atoms with Gasteiger partial charge in [-0.2, -0.15) is 0 Å². The second-order valence-electron chi connectivity index (χ2n) is 7.45. The lowest BCUT2D eigenvalue weighted by atomic mass is 10.1. The number of nitrogens with one attached hydrogen (secondary N) is 2. The van der Waals surface area contributed by atoms with Gasteiger partial charge >= 0.3 is 0 Å². The molecule has 0 fully saturated rings. The van der Waals surface area contributed by atoms with Gasteiger partial charge in [0, 0.05) is 5.56 Å². The Balaban J connectivity index is 2.45. The topological polar surface area (TPSA) is 112 Å². The fourth-order valence-electron chi connectivity index (χ4n) is 2.40. The molecule has 8 nitrogen and oxygen atoms in total. The maximum atomic E-state index is 14.9. The van der Waals surface area contributed by atoms with Gasteiger partial charge in [0.2, 0.25) is 0 Å². The van der Waals surface area contributed by atoms with E-state index in [1.807, 2.05) is 5.48 Å². The first-order valence-electron chi connectivity index (χ1n) is 9.49. The highest BCUT2D eigenvalue weighted by atomic mass is 19.2. The van der Waals surface area contributed by atoms with Crippen LogP contribution in [0.1, 0.15) is 35.3 Å². The van der Waals surface area contributed by atoms with E-state index in [0.717, 1.165) is 12.3 Å². The number of halogens is 3. The minimum absolute atomic E-state index is 0.186. The summed E-state index contributed by atoms with van der Waals surface area (Å²) in [5, 5.41) is 24.2. The summed E-state index contributed by atoms with van der Waals surface area (Å²) in [6.07, 6.45) is 0.825. The van der Waals surface area contributed by atoms with Crippen LogP contribution in [0.5, 0.6) is 0 Å². The van der Waals surface area contributed by atoms with Gasteiger partial charge in [0.05, 0.1) is 42.0 Å². The van der Waals surface area contributed by atoms with E-state index in [2.05, 4.69) is 10.5 Å². The van der Waals surface area contributed by atoms with Crippen molar-refractivity contribution in [2.75, 3.05) is 25.1 Å². The summed E-state index contributed by atoms with van der Waals surface area (Å²) in [5.41, 5.74) is -0.311. The lowest BCUT2D eigenvalue weighted by Crippen LogP contribution is -2.26. The number of hydroxylamine groups is 1. The average Bonchev–Trinajstić information content (AvgIpc) is 2.71. The van der Waals surface area contributed by atoms with Crippen LogP contribution in [0.3, 0.4) is 0 Å². The Kier molecular flexibility index (Phi) is 8.58. The first-order chi connectivity index (χ1) is 15.0. The molecule has 0 spiro atoms. The lowest BCUT2D eigenvalue weighted by molar-refractivity contribution is -0.0185. The number of carbonyl (C=O) groups excluding carboxylic acids is 1. The summed E-state index contributed by atoms with van der Waals surface area (Å²) in [5.74, 6) is -4.56. The zero-order valence-electron chi connectivity index (χ0n) is 17.7. The molecule has 0 heterocycles. The Morgan fingerprint density at radius 3 is 2.56 bits per heavy atom. The first kappa shape index (κ1) is 25.1. The monoisotopic (exact) mass is 455 g/mol. The number of aliphatic hydroxyl groups is 2. The third-order valence-electron chi connectivity index (χ3n) is 3.91. The highest BCUT2D eigenvalue weighted by Crippen LogP contribution is 2.30. The second-order valence-corrected chi connectivity index (χ2v) is 7.45. The summed E-state index contributed by atoms with van der Waals surface area (Å²) in [7, 11) is 0. The number of amides is 1. The summed E-state index contributed by atoms with van der Waals surface area (Å²) in [6, 6.07) is 5.00. The number of hydrogen-bond acceptors (Lipinski definition) is 7. The van der Waals surface area contributed by atoms with E-state index < -0.39 is 52.4 Å². The molecule has 0 aliphatic rings. The number of oxime groups is 1. The van der Waals surface area contributed by atoms with Crippen molar-refractivity contribution in [1.29, 1.82) is 0 Å². The van der Waals surface area contributed by atoms with Crippen molar-refractivity contribution in [2.45, 2.75) is 26.4 Å². The van der Waals surface area contributed by atoms with Gasteiger partial charge in [-0.3, -0.25) is 9.63 Å². The number of benzene rings is 2. The summed E-state index contributed by atoms with van der Waals surface area (Å²) in [6.45, 7) is 3.71. The molecule has 0 radical (unpaired) electrons. The number of anilines is 2. The summed E-state index contributed by atoms with van der Waals surface area (Å²) < 4.78 is 43.8. The predicted octanol–water partition coefficient (Wildman–Crippen LogP) is 2.93. The van der Waals surface area contributed by atoms with Crippen molar-refractivity contribution in [2.24, 2.45) is 5.16 Å². The molecule has 0 unspecified atom stereocenters. The van der Waals surface area contributed by atoms with Crippen LogP contribution < -0.4 is 10.8 Å². The first-order valence-corrected chi connectivity index (χ1v) is 9.49. The maximum absolute atomic E-state index is 14.9. The van der Waals surface area contributed by atoms with Gasteiger partial charge in [-0.1, -0.05) is 11.2 Å². The number of carbonyl (C=O) groups is 1. The van der Waals surface area contributed by atoms with Gasteiger partial charge in [-0.05, 0) is 44.5 Å². The standard InChI is InChI=1S/C21H24F3N3O5/c1-12-4-5-16(15(22)8-12)26-19-14(20(29)27-31-7-6-28)9-13(17(23)18(19)24)10-25-32-11-21(2,3)30/h4-5,8-10,26,28,30H,6-7,11H2,1-3H3,(H,27,29)/b25-10-. The molecular weight excluding hydrogens is 431 g/mol. The average molecular weight is 455 g/mol. The van der Waals surface area contributed by atoms with E-state index in [1.54, 1.807) is 13.0 Å². The molecular formula is C21H24F3N3O5. The van der Waals surface area contributed by atoms with Crippen LogP contribution in [-0.2, 0) is 9.68 Å². The van der Waals surface area contributed by atoms with Gasteiger partial charge in [-0.15, -0.1) is 0 Å². The molecule has 4 N–H and O–H groups in total. The quantitative estimate of drug-likeness (QED) is 0.249. The van der Waals surface area contributed by atoms with E-state index in [1.165, 1.54) is 26.0 Å². The molecule has 2 aromatic rings. The van der Waals surface area contributed by atoms with Crippen LogP contribution in [-0.4, -0.2) is 47.8 Å². The molecule has 2 rings (SSSR count). The molecule has 0 aromatic heterocycles. The molecule has 0 atom stereocenters. The fourth-order valence-corrected chi connectivity index (χ4v) is 2.40. The molecule has 0 saturated heterocycles. The summed E-state index contributed by atoms with van der Waals surface area (Å²) >= 11 is 0. The minimum Gasteiger partial charge on any atom is -0.394 e. The highest BCUT2D eigenvalue weighted by Gasteiger charge is 2.23. The van der Waals surface area contributed by atoms with Crippen molar-refractivity contribution < 1.29 is 37.9 Å². The van der Waals surface area contributed by atoms with E-state index in [9.17, 15) is 23.1 Å². The van der Waals surface area contributed by atoms with Gasteiger partial charge in [0.25, 0.3) is 5.91 Å². The van der Waals surface area contributed by atoms with Crippen molar-refractivity contribution in [3.05, 3.63) is 58.4 Å². The zero-order chi connectivity index (χ0) is 23.9. The normalized spacial score (nSPS) is 11.6. The van der Waals surface area contributed by atoms with Crippen LogP contribution in [0.15, 0.2) is 29.4 Å². The Bertz CT molecular complexity index is 994. The SMILES string of the molecule is Cc1ccc(Nc2c(C(=O)NOCCO)cc(/C=N\OCC(C)(C)O)c(F)c2F)c(F)c1. The van der Waals surface area contributed by atoms with Crippen LogP contribution in [0.2, 0.25) is 0 Å². The van der Waals surface area contributed by atoms with Gasteiger partial charge < -0.3 is 20.4 Å². The largest absolute Gasteiger partial charge is 0.394 e. The van der Waals surface area contributed by atoms with E-state index in [0.29, 0.717) is 5.56 Å².